The van der Waals surface area contributed by atoms with Crippen LogP contribution in [-0.4, -0.2) is 52.2 Å². The minimum Gasteiger partial charge on any atom is -0.444 e. The number of rotatable bonds is 3. The molecule has 1 aromatic heterocycles. The summed E-state index contributed by atoms with van der Waals surface area (Å²) in [4.78, 5) is 25.2. The number of carbonyl (C=O) groups is 1. The van der Waals surface area contributed by atoms with Crippen molar-refractivity contribution in [3.63, 3.8) is 0 Å². The zero-order valence-corrected chi connectivity index (χ0v) is 16.7. The predicted molar refractivity (Wildman–Crippen MR) is 106 cm³/mol. The van der Waals surface area contributed by atoms with Gasteiger partial charge in [-0.2, -0.15) is 0 Å². The molecule has 1 amide bonds. The fraction of sp³-hybridized carbons (Fsp3) is 0.450. The van der Waals surface area contributed by atoms with E-state index < -0.39 is 5.60 Å². The molecule has 1 aromatic carbocycles. The highest BCUT2D eigenvalue weighted by Crippen LogP contribution is 2.22. The average molecular weight is 389 g/mol. The summed E-state index contributed by atoms with van der Waals surface area (Å²) in [6.07, 6.45) is 3.68. The third kappa shape index (κ3) is 5.32. The molecule has 7 heteroatoms. The van der Waals surface area contributed by atoms with Gasteiger partial charge in [0.05, 0.1) is 18.4 Å². The van der Waals surface area contributed by atoms with E-state index in [2.05, 4.69) is 27.0 Å². The molecule has 0 bridgehead atoms. The van der Waals surface area contributed by atoms with Gasteiger partial charge in [-0.1, -0.05) is 41.9 Å². The van der Waals surface area contributed by atoms with Gasteiger partial charge >= 0.3 is 6.09 Å². The number of hydrogen-bond donors (Lipinski definition) is 0. The van der Waals surface area contributed by atoms with Crippen LogP contribution < -0.4 is 4.90 Å². The maximum absolute atomic E-state index is 12.7. The minimum atomic E-state index is -0.524. The number of anilines is 1. The number of halogens is 1. The fourth-order valence-corrected chi connectivity index (χ4v) is 3.31. The van der Waals surface area contributed by atoms with Crippen molar-refractivity contribution < 1.29 is 9.53 Å². The van der Waals surface area contributed by atoms with Gasteiger partial charge in [-0.3, -0.25) is 4.98 Å². The Labute approximate surface area is 165 Å². The number of nitrogens with zero attached hydrogens (tertiary/aromatic N) is 4. The molecule has 0 unspecified atom stereocenters. The van der Waals surface area contributed by atoms with E-state index in [4.69, 9.17) is 16.3 Å². The number of amides is 1. The highest BCUT2D eigenvalue weighted by Gasteiger charge is 2.34. The lowest BCUT2D eigenvalue weighted by Crippen LogP contribution is -2.57. The van der Waals surface area contributed by atoms with Crippen molar-refractivity contribution in [2.45, 2.75) is 38.8 Å². The van der Waals surface area contributed by atoms with Crippen molar-refractivity contribution in [3.8, 4) is 0 Å². The monoisotopic (exact) mass is 388 g/mol. The van der Waals surface area contributed by atoms with Crippen molar-refractivity contribution in [3.05, 3.63) is 53.4 Å². The first kappa shape index (κ1) is 19.4. The van der Waals surface area contributed by atoms with Gasteiger partial charge in [-0.05, 0) is 32.8 Å². The highest BCUT2D eigenvalue weighted by molar-refractivity contribution is 6.29. The van der Waals surface area contributed by atoms with Crippen LogP contribution in [0.25, 0.3) is 0 Å². The lowest BCUT2D eigenvalue weighted by molar-refractivity contribution is 0.0140. The van der Waals surface area contributed by atoms with Crippen molar-refractivity contribution in [1.29, 1.82) is 0 Å². The number of ether oxygens (including phenoxy) is 1. The summed E-state index contributed by atoms with van der Waals surface area (Å²) in [5.74, 6) is 0.726. The minimum absolute atomic E-state index is 0.0308. The van der Waals surface area contributed by atoms with Crippen molar-refractivity contribution in [1.82, 2.24) is 14.9 Å². The molecule has 0 aliphatic carbocycles. The molecule has 144 valence electrons. The Balaban J connectivity index is 1.80. The molecule has 1 aliphatic heterocycles. The van der Waals surface area contributed by atoms with E-state index in [9.17, 15) is 4.79 Å². The summed E-state index contributed by atoms with van der Waals surface area (Å²) in [7, 11) is 0. The molecule has 27 heavy (non-hydrogen) atoms. The first-order valence-electron chi connectivity index (χ1n) is 9.08. The predicted octanol–water partition coefficient (Wildman–Crippen LogP) is 3.80. The van der Waals surface area contributed by atoms with Crippen LogP contribution in [0.2, 0.25) is 5.15 Å². The molecule has 3 rings (SSSR count). The molecule has 2 aromatic rings. The van der Waals surface area contributed by atoms with Gasteiger partial charge in [0.1, 0.15) is 16.6 Å². The van der Waals surface area contributed by atoms with E-state index in [0.29, 0.717) is 24.8 Å². The smallest absolute Gasteiger partial charge is 0.410 e. The van der Waals surface area contributed by atoms with Gasteiger partial charge in [-0.15, -0.1) is 0 Å². The maximum Gasteiger partial charge on any atom is 0.410 e. The topological polar surface area (TPSA) is 58.6 Å². The van der Waals surface area contributed by atoms with Crippen LogP contribution in [0.5, 0.6) is 0 Å². The summed E-state index contributed by atoms with van der Waals surface area (Å²) in [6, 6.07) is 10.1. The molecule has 0 saturated carbocycles. The molecule has 0 radical (unpaired) electrons. The van der Waals surface area contributed by atoms with Crippen molar-refractivity contribution in [2.24, 2.45) is 0 Å². The summed E-state index contributed by atoms with van der Waals surface area (Å²) in [5.41, 5.74) is 0.652. The molecule has 0 spiro atoms. The normalized spacial score (nSPS) is 17.7. The molecule has 6 nitrogen and oxygen atoms in total. The standard InChI is InChI=1S/C20H25ClN4O2/c1-20(2,3)27-19(26)25-10-9-24(18-13-22-12-17(21)23-18)14-16(25)11-15-7-5-4-6-8-15/h4-8,12-13,16H,9-11,14H2,1-3H3/t16-/m0/s1. The van der Waals surface area contributed by atoms with Gasteiger partial charge in [0.25, 0.3) is 0 Å². The molecule has 1 fully saturated rings. The molecule has 1 saturated heterocycles. The van der Waals surface area contributed by atoms with Crippen LogP contribution in [0.4, 0.5) is 10.6 Å². The van der Waals surface area contributed by atoms with Gasteiger partial charge in [-0.25, -0.2) is 9.78 Å². The lowest BCUT2D eigenvalue weighted by Gasteiger charge is -2.42. The van der Waals surface area contributed by atoms with E-state index in [-0.39, 0.29) is 12.1 Å². The summed E-state index contributed by atoms with van der Waals surface area (Å²) in [5, 5.41) is 0.363. The van der Waals surface area contributed by atoms with E-state index in [0.717, 1.165) is 12.2 Å². The molecular weight excluding hydrogens is 364 g/mol. The van der Waals surface area contributed by atoms with E-state index >= 15 is 0 Å². The number of hydrogen-bond acceptors (Lipinski definition) is 5. The van der Waals surface area contributed by atoms with E-state index in [1.165, 1.54) is 11.8 Å². The van der Waals surface area contributed by atoms with Crippen molar-refractivity contribution in [2.75, 3.05) is 24.5 Å². The number of piperazine rings is 1. The quantitative estimate of drug-likeness (QED) is 0.800. The Morgan fingerprint density at radius 2 is 1.96 bits per heavy atom. The van der Waals surface area contributed by atoms with Crippen LogP contribution in [0.3, 0.4) is 0 Å². The molecule has 1 aliphatic rings. The molecular formula is C20H25ClN4O2. The van der Waals surface area contributed by atoms with E-state index in [1.807, 2.05) is 43.9 Å². The Kier molecular flexibility index (Phi) is 5.85. The highest BCUT2D eigenvalue weighted by atomic mass is 35.5. The summed E-state index contributed by atoms with van der Waals surface area (Å²) in [6.45, 7) is 7.50. The van der Waals surface area contributed by atoms with E-state index in [1.54, 1.807) is 6.20 Å². The third-order valence-corrected chi connectivity index (χ3v) is 4.52. The first-order valence-corrected chi connectivity index (χ1v) is 9.46. The van der Waals surface area contributed by atoms with Crippen LogP contribution >= 0.6 is 11.6 Å². The maximum atomic E-state index is 12.7. The van der Waals surface area contributed by atoms with Crippen LogP contribution in [0.1, 0.15) is 26.3 Å². The number of benzene rings is 1. The second-order valence-corrected chi connectivity index (χ2v) is 8.05. The second-order valence-electron chi connectivity index (χ2n) is 7.66. The number of carbonyl (C=O) groups excluding carboxylic acids is 1. The third-order valence-electron chi connectivity index (χ3n) is 4.34. The Morgan fingerprint density at radius 1 is 1.22 bits per heavy atom. The lowest BCUT2D eigenvalue weighted by atomic mass is 10.0. The Hall–Kier alpha value is -2.34. The molecule has 1 atom stereocenters. The van der Waals surface area contributed by atoms with Gasteiger partial charge in [0.2, 0.25) is 0 Å². The summed E-state index contributed by atoms with van der Waals surface area (Å²) < 4.78 is 5.62. The SMILES string of the molecule is CC(C)(C)OC(=O)N1CCN(c2cncc(Cl)n2)C[C@@H]1Cc1ccccc1. The Morgan fingerprint density at radius 3 is 2.63 bits per heavy atom. The fourth-order valence-electron chi connectivity index (χ4n) is 3.17. The van der Waals surface area contributed by atoms with Gasteiger partial charge in [0.15, 0.2) is 0 Å². The van der Waals surface area contributed by atoms with Crippen molar-refractivity contribution >= 4 is 23.5 Å². The average Bonchev–Trinajstić information content (AvgIpc) is 2.61. The zero-order valence-electron chi connectivity index (χ0n) is 15.9. The van der Waals surface area contributed by atoms with Gasteiger partial charge < -0.3 is 14.5 Å². The zero-order chi connectivity index (χ0) is 19.4. The summed E-state index contributed by atoms with van der Waals surface area (Å²) >= 11 is 6.00. The van der Waals surface area contributed by atoms with Crippen LogP contribution in [0, 0.1) is 0 Å². The van der Waals surface area contributed by atoms with Gasteiger partial charge in [0, 0.05) is 19.6 Å². The molecule has 0 N–H and O–H groups in total. The second kappa shape index (κ2) is 8.13. The molecule has 2 heterocycles. The van der Waals surface area contributed by atoms with Crippen LogP contribution in [-0.2, 0) is 11.2 Å². The largest absolute Gasteiger partial charge is 0.444 e. The number of aromatic nitrogens is 2. The Bertz CT molecular complexity index is 779. The van der Waals surface area contributed by atoms with Crippen LogP contribution in [0.15, 0.2) is 42.7 Å². The first-order chi connectivity index (χ1) is 12.8.